The van der Waals surface area contributed by atoms with Crippen LogP contribution in [0.3, 0.4) is 0 Å². The minimum absolute atomic E-state index is 0.0933. The Morgan fingerprint density at radius 2 is 0.962 bits per heavy atom. The number of hydrogen-bond acceptors (Lipinski definition) is 8. The molecule has 3 aliphatic carbocycles. The summed E-state index contributed by atoms with van der Waals surface area (Å²) in [5.74, 6) is -0.437. The van der Waals surface area contributed by atoms with Crippen molar-refractivity contribution in [2.24, 2.45) is 0 Å². The Bertz CT molecular complexity index is 3910. The second-order valence-corrected chi connectivity index (χ2v) is 22.3. The van der Waals surface area contributed by atoms with Crippen LogP contribution in [-0.4, -0.2) is 36.1 Å². The number of aromatic nitrogens is 2. The zero-order valence-electron chi connectivity index (χ0n) is 46.1. The third kappa shape index (κ3) is 9.39. The molecule has 0 radical (unpaired) electrons. The smallest absolute Gasteiger partial charge is 0.305 e. The van der Waals surface area contributed by atoms with Crippen molar-refractivity contribution in [2.75, 3.05) is 24.0 Å². The van der Waals surface area contributed by atoms with Crippen LogP contribution < -0.4 is 9.80 Å². The fourth-order valence-corrected chi connectivity index (χ4v) is 12.3. The molecular weight excluding hydrogens is 973 g/mol. The monoisotopic (exact) mass is 1040 g/mol. The van der Waals surface area contributed by atoms with E-state index in [0.717, 1.165) is 97.2 Å². The number of esters is 2. The van der Waals surface area contributed by atoms with E-state index in [1.54, 1.807) is 0 Å². The molecule has 0 unspecified atom stereocenters. The summed E-state index contributed by atoms with van der Waals surface area (Å²) in [5, 5.41) is 0. The van der Waals surface area contributed by atoms with E-state index in [1.807, 2.05) is 0 Å². The second kappa shape index (κ2) is 20.5. The molecule has 79 heavy (non-hydrogen) atoms. The number of rotatable bonds is 14. The van der Waals surface area contributed by atoms with Gasteiger partial charge in [0, 0.05) is 68.9 Å². The van der Waals surface area contributed by atoms with E-state index < -0.39 is 0 Å². The van der Waals surface area contributed by atoms with E-state index in [-0.39, 0.29) is 22.8 Å². The normalized spacial score (nSPS) is 14.3. The van der Waals surface area contributed by atoms with Gasteiger partial charge in [-0.25, -0.2) is 9.97 Å². The first-order valence-corrected chi connectivity index (χ1v) is 27.5. The first-order chi connectivity index (χ1) is 38.3. The van der Waals surface area contributed by atoms with Gasteiger partial charge in [0.15, 0.2) is 0 Å². The van der Waals surface area contributed by atoms with Gasteiger partial charge in [0.2, 0.25) is 0 Å². The third-order valence-corrected chi connectivity index (χ3v) is 16.7. The maximum atomic E-state index is 12.1. The molecule has 1 aromatic heterocycles. The van der Waals surface area contributed by atoms with Gasteiger partial charge < -0.3 is 19.3 Å². The molecule has 0 saturated carbocycles. The Hall–Kier alpha value is -8.88. The minimum Gasteiger partial charge on any atom is -0.469 e. The van der Waals surface area contributed by atoms with Crippen LogP contribution in [0, 0.1) is 6.92 Å². The van der Waals surface area contributed by atoms with Crippen LogP contribution in [0.4, 0.5) is 34.1 Å². The van der Waals surface area contributed by atoms with Crippen molar-refractivity contribution in [3.8, 4) is 33.6 Å². The number of nitrogens with zero attached hydrogens (tertiary/aromatic N) is 4. The lowest BCUT2D eigenvalue weighted by molar-refractivity contribution is -0.141. The number of anilines is 6. The molecule has 8 heteroatoms. The molecule has 0 amide bonds. The first kappa shape index (κ1) is 50.9. The second-order valence-electron chi connectivity index (χ2n) is 22.3. The number of ether oxygens (including phenoxy) is 2. The largest absolute Gasteiger partial charge is 0.469 e. The Balaban J connectivity index is 0.925. The van der Waals surface area contributed by atoms with E-state index in [2.05, 4.69) is 232 Å². The minimum atomic E-state index is -0.220. The van der Waals surface area contributed by atoms with Crippen LogP contribution in [0.5, 0.6) is 0 Å². The van der Waals surface area contributed by atoms with Gasteiger partial charge in [-0.1, -0.05) is 136 Å². The van der Waals surface area contributed by atoms with Crippen molar-refractivity contribution in [2.45, 2.75) is 84.0 Å². The fraction of sp³-hybridized carbons (Fsp3) is 0.211. The summed E-state index contributed by atoms with van der Waals surface area (Å²) < 4.78 is 9.89. The highest BCUT2D eigenvalue weighted by molar-refractivity contribution is 5.92. The molecule has 8 nitrogen and oxygen atoms in total. The number of benzene rings is 8. The molecule has 3 aliphatic rings. The lowest BCUT2D eigenvalue weighted by Gasteiger charge is -2.29. The molecule has 9 aromatic rings. The van der Waals surface area contributed by atoms with Crippen molar-refractivity contribution in [3.63, 3.8) is 0 Å². The van der Waals surface area contributed by atoms with E-state index in [1.165, 1.54) is 58.7 Å². The van der Waals surface area contributed by atoms with Gasteiger partial charge in [-0.15, -0.1) is 0 Å². The van der Waals surface area contributed by atoms with Crippen molar-refractivity contribution >= 4 is 62.7 Å². The predicted molar refractivity (Wildman–Crippen MR) is 321 cm³/mol. The van der Waals surface area contributed by atoms with Crippen molar-refractivity contribution in [1.82, 2.24) is 9.97 Å². The van der Waals surface area contributed by atoms with E-state index >= 15 is 0 Å². The van der Waals surface area contributed by atoms with Crippen LogP contribution in [0.1, 0.15) is 92.3 Å². The number of methoxy groups -OCH3 is 2. The zero-order valence-corrected chi connectivity index (χ0v) is 46.1. The highest BCUT2D eigenvalue weighted by Crippen LogP contribution is 2.53. The summed E-state index contributed by atoms with van der Waals surface area (Å²) in [6.07, 6.45) is 8.62. The van der Waals surface area contributed by atoms with Gasteiger partial charge in [-0.3, -0.25) is 9.59 Å². The summed E-state index contributed by atoms with van der Waals surface area (Å²) in [6.45, 7) is 11.5. The zero-order chi connectivity index (χ0) is 54.6. The molecule has 12 rings (SSSR count). The van der Waals surface area contributed by atoms with Gasteiger partial charge >= 0.3 is 11.9 Å². The Morgan fingerprint density at radius 3 is 1.51 bits per heavy atom. The molecule has 1 heterocycles. The van der Waals surface area contributed by atoms with Gasteiger partial charge in [0.25, 0.3) is 0 Å². The van der Waals surface area contributed by atoms with Gasteiger partial charge in [-0.05, 0) is 173 Å². The summed E-state index contributed by atoms with van der Waals surface area (Å²) in [7, 11) is 2.87. The van der Waals surface area contributed by atoms with Crippen LogP contribution in [0.2, 0.25) is 0 Å². The van der Waals surface area contributed by atoms with E-state index in [4.69, 9.17) is 19.4 Å². The average Bonchev–Trinajstić information content (AvgIpc) is 4.13. The number of hydrogen-bond donors (Lipinski definition) is 0. The highest BCUT2D eigenvalue weighted by atomic mass is 16.5. The number of carbonyl (C=O) groups excluding carboxylic acids is 2. The van der Waals surface area contributed by atoms with Gasteiger partial charge in [0.05, 0.1) is 36.6 Å². The van der Waals surface area contributed by atoms with Gasteiger partial charge in [0.1, 0.15) is 0 Å². The number of carbonyl (C=O) groups is 2. The standard InChI is InChI=1S/C71H64N4O4/c1-45-16-39-64-65(42-45)73-69(49-25-33-53(34-26-49)75(51-29-19-47(20-30-51)22-41-67(77)79-7)55-36-38-59-57-13-9-11-15-61(57)71(4,5)63(59)44-55)68(72-64)48-23-31-52(32-24-48)74(50-27-17-46(18-28-50)21-40-66(76)78-6)54-35-37-58-56-12-8-10-14-60(56)70(2,3)62(58)43-54/h8-10,12-14,16-20,23-39,42-44H,11,15,21-22,40-41H2,1-7H3. The SMILES string of the molecule is COC(=O)CCc1ccc(N(c2ccc(-c3nc4cc(C)ccc4nc3-c3ccc(N(c4ccc(CCC(=O)OC)cc4)c4ccc5c(c4)C(C)(C)c4ccccc4-5)cc3)cc2)c2ccc3c(c2)C(C)(C)C2=C3C=CCC2)cc1. The summed E-state index contributed by atoms with van der Waals surface area (Å²) in [4.78, 5) is 39.6. The molecular formula is C71H64N4O4. The van der Waals surface area contributed by atoms with Crippen molar-refractivity contribution in [3.05, 3.63) is 233 Å². The lowest BCUT2D eigenvalue weighted by atomic mass is 9.78. The Morgan fingerprint density at radius 1 is 0.494 bits per heavy atom. The van der Waals surface area contributed by atoms with Crippen molar-refractivity contribution < 1.29 is 19.1 Å². The molecule has 0 spiro atoms. The number of fused-ring (bicyclic) bond motifs is 6. The highest BCUT2D eigenvalue weighted by Gasteiger charge is 2.38. The van der Waals surface area contributed by atoms with Crippen LogP contribution in [-0.2, 0) is 42.7 Å². The predicted octanol–water partition coefficient (Wildman–Crippen LogP) is 17.1. The molecule has 8 aromatic carbocycles. The van der Waals surface area contributed by atoms with Crippen molar-refractivity contribution in [1.29, 1.82) is 0 Å². The number of aryl methyl sites for hydroxylation is 3. The van der Waals surface area contributed by atoms with Crippen LogP contribution in [0.15, 0.2) is 194 Å². The van der Waals surface area contributed by atoms with Gasteiger partial charge in [-0.2, -0.15) is 0 Å². The summed E-state index contributed by atoms with van der Waals surface area (Å²) >= 11 is 0. The quantitative estimate of drug-likeness (QED) is 0.0996. The summed E-state index contributed by atoms with van der Waals surface area (Å²) in [6, 6.07) is 63.2. The molecule has 0 saturated heterocycles. The molecule has 0 bridgehead atoms. The maximum Gasteiger partial charge on any atom is 0.305 e. The van der Waals surface area contributed by atoms with E-state index in [0.29, 0.717) is 25.7 Å². The van der Waals surface area contributed by atoms with E-state index in [9.17, 15) is 9.59 Å². The maximum absolute atomic E-state index is 12.1. The van der Waals surface area contributed by atoms with Crippen LogP contribution in [0.25, 0.3) is 50.2 Å². The topological polar surface area (TPSA) is 84.9 Å². The third-order valence-electron chi connectivity index (χ3n) is 16.7. The Labute approximate surface area is 463 Å². The first-order valence-electron chi connectivity index (χ1n) is 27.5. The summed E-state index contributed by atoms with van der Waals surface area (Å²) in [5.41, 5.74) is 25.0. The molecule has 0 aliphatic heterocycles. The molecule has 392 valence electrons. The molecule has 0 atom stereocenters. The average molecular weight is 1040 g/mol. The fourth-order valence-electron chi connectivity index (χ4n) is 12.3. The molecule has 0 fully saturated rings. The van der Waals surface area contributed by atoms with Crippen LogP contribution >= 0.6 is 0 Å². The molecule has 0 N–H and O–H groups in total. The number of allylic oxidation sites excluding steroid dienone is 4. The lowest BCUT2D eigenvalue weighted by Crippen LogP contribution is -2.18. The Kier molecular flexibility index (Phi) is 13.2.